The van der Waals surface area contributed by atoms with E-state index in [0.717, 1.165) is 16.5 Å². The SMILES string of the molecule is O=C1NC(=O)C2=C1NC(c1cccc([N+](=O)[O-])c1)c1cccc3[nH]cc2c13. The van der Waals surface area contributed by atoms with Gasteiger partial charge in [0.1, 0.15) is 5.70 Å². The Labute approximate surface area is 152 Å². The number of nitrogens with zero attached hydrogens (tertiary/aromatic N) is 1. The fourth-order valence-electron chi connectivity index (χ4n) is 3.80. The van der Waals surface area contributed by atoms with E-state index in [2.05, 4.69) is 15.6 Å². The summed E-state index contributed by atoms with van der Waals surface area (Å²) in [6.07, 6.45) is 1.71. The van der Waals surface area contributed by atoms with Crippen LogP contribution in [0, 0.1) is 10.1 Å². The highest BCUT2D eigenvalue weighted by atomic mass is 16.6. The number of carbonyl (C=O) groups is 2. The standard InChI is InChI=1S/C19H12N4O4/c24-18-15-12-8-20-13-6-2-5-11(14(12)13)16(21-17(15)19(25)22-18)9-3-1-4-10(7-9)23(26)27/h1-8,16,20-21H,(H,22,24,25). The lowest BCUT2D eigenvalue weighted by Gasteiger charge is -2.20. The minimum atomic E-state index is -0.521. The summed E-state index contributed by atoms with van der Waals surface area (Å²) in [5.74, 6) is -0.967. The number of aromatic amines is 1. The first-order valence-corrected chi connectivity index (χ1v) is 8.26. The number of H-pyrrole nitrogens is 1. The highest BCUT2D eigenvalue weighted by Crippen LogP contribution is 2.40. The van der Waals surface area contributed by atoms with Gasteiger partial charge in [0, 0.05) is 34.8 Å². The first kappa shape index (κ1) is 15.3. The van der Waals surface area contributed by atoms with Crippen LogP contribution >= 0.6 is 0 Å². The van der Waals surface area contributed by atoms with Crippen molar-refractivity contribution in [2.24, 2.45) is 0 Å². The number of nitrogens with one attached hydrogen (secondary N) is 3. The van der Waals surface area contributed by atoms with Gasteiger partial charge in [-0.1, -0.05) is 24.3 Å². The van der Waals surface area contributed by atoms with Crippen LogP contribution in [0.15, 0.2) is 54.4 Å². The molecule has 1 aromatic heterocycles. The maximum absolute atomic E-state index is 12.4. The van der Waals surface area contributed by atoms with Crippen molar-refractivity contribution in [2.45, 2.75) is 6.04 Å². The van der Waals surface area contributed by atoms with E-state index in [1.165, 1.54) is 12.1 Å². The molecule has 0 saturated carbocycles. The highest BCUT2D eigenvalue weighted by Gasteiger charge is 2.38. The van der Waals surface area contributed by atoms with E-state index < -0.39 is 22.8 Å². The second-order valence-corrected chi connectivity index (χ2v) is 6.43. The monoisotopic (exact) mass is 360 g/mol. The van der Waals surface area contributed by atoms with Gasteiger partial charge in [-0.3, -0.25) is 25.0 Å². The van der Waals surface area contributed by atoms with Crippen LogP contribution in [0.25, 0.3) is 16.5 Å². The predicted octanol–water partition coefficient (Wildman–Crippen LogP) is 2.14. The molecule has 3 N–H and O–H groups in total. The van der Waals surface area contributed by atoms with E-state index in [1.54, 1.807) is 18.3 Å². The van der Waals surface area contributed by atoms with Gasteiger partial charge < -0.3 is 10.3 Å². The van der Waals surface area contributed by atoms with E-state index in [9.17, 15) is 19.7 Å². The van der Waals surface area contributed by atoms with Crippen LogP contribution in [0.1, 0.15) is 22.7 Å². The van der Waals surface area contributed by atoms with Gasteiger partial charge in [-0.2, -0.15) is 0 Å². The number of aromatic nitrogens is 1. The molecule has 0 spiro atoms. The van der Waals surface area contributed by atoms with E-state index in [4.69, 9.17) is 0 Å². The molecule has 2 aliphatic rings. The number of non-ortho nitro benzene ring substituents is 1. The zero-order valence-corrected chi connectivity index (χ0v) is 13.8. The number of rotatable bonds is 2. The lowest BCUT2D eigenvalue weighted by molar-refractivity contribution is -0.384. The zero-order chi connectivity index (χ0) is 18.7. The summed E-state index contributed by atoms with van der Waals surface area (Å²) in [7, 11) is 0. The fourth-order valence-corrected chi connectivity index (χ4v) is 3.80. The van der Waals surface area contributed by atoms with Crippen LogP contribution in [0.2, 0.25) is 0 Å². The van der Waals surface area contributed by atoms with Gasteiger partial charge in [0.25, 0.3) is 17.5 Å². The van der Waals surface area contributed by atoms with Crippen molar-refractivity contribution >= 4 is 34.0 Å². The van der Waals surface area contributed by atoms with Crippen molar-refractivity contribution in [1.29, 1.82) is 0 Å². The molecule has 3 heterocycles. The summed E-state index contributed by atoms with van der Waals surface area (Å²) in [6, 6.07) is 11.4. The Kier molecular flexibility index (Phi) is 3.00. The number of hydrogen-bond acceptors (Lipinski definition) is 5. The van der Waals surface area contributed by atoms with Gasteiger partial charge in [0.2, 0.25) is 0 Å². The third-order valence-electron chi connectivity index (χ3n) is 4.95. The molecule has 27 heavy (non-hydrogen) atoms. The zero-order valence-electron chi connectivity index (χ0n) is 13.8. The molecule has 1 atom stereocenters. The van der Waals surface area contributed by atoms with Gasteiger partial charge in [-0.05, 0) is 17.2 Å². The molecule has 0 fully saturated rings. The smallest absolute Gasteiger partial charge is 0.275 e. The number of amides is 2. The summed E-state index contributed by atoms with van der Waals surface area (Å²) < 4.78 is 0. The quantitative estimate of drug-likeness (QED) is 0.368. The third-order valence-corrected chi connectivity index (χ3v) is 4.95. The molecule has 0 bridgehead atoms. The van der Waals surface area contributed by atoms with E-state index in [0.29, 0.717) is 11.1 Å². The van der Waals surface area contributed by atoms with Gasteiger partial charge >= 0.3 is 0 Å². The van der Waals surface area contributed by atoms with Gasteiger partial charge in [0.05, 0.1) is 16.5 Å². The van der Waals surface area contributed by atoms with Crippen LogP contribution in [0.3, 0.4) is 0 Å². The molecule has 0 aliphatic carbocycles. The average Bonchev–Trinajstić information content (AvgIpc) is 3.14. The Morgan fingerprint density at radius 3 is 2.67 bits per heavy atom. The molecular weight excluding hydrogens is 348 g/mol. The van der Waals surface area contributed by atoms with Crippen LogP contribution in [-0.2, 0) is 9.59 Å². The van der Waals surface area contributed by atoms with Crippen LogP contribution in [0.5, 0.6) is 0 Å². The molecular formula is C19H12N4O4. The van der Waals surface area contributed by atoms with Crippen molar-refractivity contribution in [3.8, 4) is 0 Å². The van der Waals surface area contributed by atoms with Crippen molar-refractivity contribution < 1.29 is 14.5 Å². The van der Waals surface area contributed by atoms with E-state index in [1.807, 2.05) is 18.2 Å². The van der Waals surface area contributed by atoms with E-state index in [-0.39, 0.29) is 17.0 Å². The van der Waals surface area contributed by atoms with Gasteiger partial charge in [0.15, 0.2) is 0 Å². The molecule has 1 unspecified atom stereocenters. The van der Waals surface area contributed by atoms with Gasteiger partial charge in [-0.15, -0.1) is 0 Å². The van der Waals surface area contributed by atoms with Crippen LogP contribution < -0.4 is 10.6 Å². The summed E-state index contributed by atoms with van der Waals surface area (Å²) in [5.41, 5.74) is 3.34. The Morgan fingerprint density at radius 1 is 1.04 bits per heavy atom. The third kappa shape index (κ3) is 2.10. The number of nitro benzene ring substituents is 1. The molecule has 2 aromatic carbocycles. The molecule has 8 nitrogen and oxygen atoms in total. The Morgan fingerprint density at radius 2 is 1.85 bits per heavy atom. The van der Waals surface area contributed by atoms with Crippen molar-refractivity contribution in [2.75, 3.05) is 0 Å². The maximum atomic E-state index is 12.4. The molecule has 0 saturated heterocycles. The molecule has 132 valence electrons. The van der Waals surface area contributed by atoms with Crippen molar-refractivity contribution in [3.05, 3.63) is 81.2 Å². The first-order chi connectivity index (χ1) is 13.0. The topological polar surface area (TPSA) is 117 Å². The Balaban J connectivity index is 1.81. The molecule has 5 rings (SSSR count). The molecule has 3 aromatic rings. The minimum absolute atomic E-state index is 0.0406. The number of carbonyl (C=O) groups excluding carboxylic acids is 2. The number of imide groups is 1. The lowest BCUT2D eigenvalue weighted by atomic mass is 9.94. The Hall–Kier alpha value is -3.94. The van der Waals surface area contributed by atoms with E-state index >= 15 is 0 Å². The van der Waals surface area contributed by atoms with Crippen molar-refractivity contribution in [1.82, 2.24) is 15.6 Å². The summed E-state index contributed by atoms with van der Waals surface area (Å²) >= 11 is 0. The van der Waals surface area contributed by atoms with Crippen molar-refractivity contribution in [3.63, 3.8) is 0 Å². The number of hydrogen-bond donors (Lipinski definition) is 3. The van der Waals surface area contributed by atoms with Crippen LogP contribution in [-0.4, -0.2) is 21.7 Å². The first-order valence-electron chi connectivity index (χ1n) is 8.26. The summed E-state index contributed by atoms with van der Waals surface area (Å²) in [4.78, 5) is 38.6. The number of benzene rings is 2. The number of fused-ring (bicyclic) bond motifs is 1. The molecule has 0 radical (unpaired) electrons. The largest absolute Gasteiger partial charge is 0.369 e. The second kappa shape index (κ2) is 5.28. The molecule has 8 heteroatoms. The van der Waals surface area contributed by atoms with Gasteiger partial charge in [-0.25, -0.2) is 0 Å². The maximum Gasteiger partial charge on any atom is 0.275 e. The number of nitro groups is 1. The summed E-state index contributed by atoms with van der Waals surface area (Å²) in [6.45, 7) is 0. The predicted molar refractivity (Wildman–Crippen MR) is 96.4 cm³/mol. The molecule has 2 aliphatic heterocycles. The lowest BCUT2D eigenvalue weighted by Crippen LogP contribution is -2.30. The van der Waals surface area contributed by atoms with Crippen LogP contribution in [0.4, 0.5) is 5.69 Å². The minimum Gasteiger partial charge on any atom is -0.369 e. The summed E-state index contributed by atoms with van der Waals surface area (Å²) in [5, 5.41) is 17.5. The highest BCUT2D eigenvalue weighted by molar-refractivity contribution is 6.37. The fraction of sp³-hybridized carbons (Fsp3) is 0.0526. The second-order valence-electron chi connectivity index (χ2n) is 6.43. The average molecular weight is 360 g/mol. The Bertz CT molecular complexity index is 1210. The normalized spacial score (nSPS) is 18.1. The molecule has 2 amide bonds.